The SMILES string of the molecule is CC(C)[C@H](N)C(=O)[C@@](N)(CCC(=O)N[C@H](CSC[C@H](N)C(=O)O)C(=O)O)C(=O)O. The summed E-state index contributed by atoms with van der Waals surface area (Å²) in [5.74, 6) is -6.62. The van der Waals surface area contributed by atoms with E-state index in [2.05, 4.69) is 5.32 Å². The van der Waals surface area contributed by atoms with Crippen LogP contribution >= 0.6 is 11.8 Å². The monoisotopic (exact) mass is 436 g/mol. The molecule has 0 rings (SSSR count). The van der Waals surface area contributed by atoms with Crippen molar-refractivity contribution in [2.24, 2.45) is 23.1 Å². The molecule has 12 nitrogen and oxygen atoms in total. The van der Waals surface area contributed by atoms with Crippen molar-refractivity contribution in [3.63, 3.8) is 0 Å². The standard InChI is InChI=1S/C16H28N4O8S/c1-7(2)11(18)12(22)16(19,15(27)28)4-3-10(21)20-9(14(25)26)6-29-5-8(17)13(23)24/h7-9,11H,3-6,17-19H2,1-2H3,(H,20,21)(H,23,24)(H,25,26)(H,27,28)/t8-,9+,11-,16-/m0/s1. The van der Waals surface area contributed by atoms with Gasteiger partial charge >= 0.3 is 17.9 Å². The van der Waals surface area contributed by atoms with Crippen LogP contribution < -0.4 is 22.5 Å². The molecule has 10 N–H and O–H groups in total. The summed E-state index contributed by atoms with van der Waals surface area (Å²) < 4.78 is 0. The number of ketones is 1. The molecule has 166 valence electrons. The third-order valence-electron chi connectivity index (χ3n) is 4.12. The number of rotatable bonds is 14. The highest BCUT2D eigenvalue weighted by Gasteiger charge is 2.45. The van der Waals surface area contributed by atoms with E-state index in [1.807, 2.05) is 0 Å². The summed E-state index contributed by atoms with van der Waals surface area (Å²) in [5.41, 5.74) is 14.3. The van der Waals surface area contributed by atoms with E-state index in [4.69, 9.17) is 27.4 Å². The number of Topliss-reactive ketones (excluding diaryl/α,β-unsaturated/α-hetero) is 1. The van der Waals surface area contributed by atoms with Crippen molar-refractivity contribution in [3.8, 4) is 0 Å². The summed E-state index contributed by atoms with van der Waals surface area (Å²) in [4.78, 5) is 57.8. The zero-order chi connectivity index (χ0) is 22.9. The first-order chi connectivity index (χ1) is 13.2. The molecule has 0 aliphatic carbocycles. The fourth-order valence-electron chi connectivity index (χ4n) is 2.07. The quantitative estimate of drug-likeness (QED) is 0.144. The lowest BCUT2D eigenvalue weighted by Crippen LogP contribution is -2.61. The molecule has 0 aliphatic rings. The minimum absolute atomic E-state index is 0.0680. The van der Waals surface area contributed by atoms with Gasteiger partial charge in [0.2, 0.25) is 5.91 Å². The Kier molecular flexibility index (Phi) is 10.8. The summed E-state index contributed by atoms with van der Waals surface area (Å²) in [5, 5.41) is 29.4. The number of hydrogen-bond donors (Lipinski definition) is 7. The average Bonchev–Trinajstić information content (AvgIpc) is 2.63. The van der Waals surface area contributed by atoms with Crippen LogP contribution in [-0.2, 0) is 24.0 Å². The second-order valence-corrected chi connectivity index (χ2v) is 7.93. The number of nitrogens with two attached hydrogens (primary N) is 3. The highest BCUT2D eigenvalue weighted by Crippen LogP contribution is 2.17. The van der Waals surface area contributed by atoms with Gasteiger partial charge in [0, 0.05) is 17.9 Å². The minimum atomic E-state index is -2.39. The van der Waals surface area contributed by atoms with Crippen molar-refractivity contribution in [3.05, 3.63) is 0 Å². The maximum absolute atomic E-state index is 12.3. The molecule has 0 unspecified atom stereocenters. The molecule has 0 fully saturated rings. The molecule has 0 bridgehead atoms. The lowest BCUT2D eigenvalue weighted by Gasteiger charge is -2.27. The van der Waals surface area contributed by atoms with Gasteiger partial charge in [-0.3, -0.25) is 14.4 Å². The van der Waals surface area contributed by atoms with Gasteiger partial charge in [-0.05, 0) is 12.3 Å². The maximum atomic E-state index is 12.3. The molecule has 0 saturated carbocycles. The van der Waals surface area contributed by atoms with E-state index < -0.39 is 66.1 Å². The van der Waals surface area contributed by atoms with Crippen LogP contribution in [0.4, 0.5) is 0 Å². The van der Waals surface area contributed by atoms with Crippen molar-refractivity contribution in [2.45, 2.75) is 50.4 Å². The average molecular weight is 436 g/mol. The first-order valence-electron chi connectivity index (χ1n) is 8.64. The second-order valence-electron chi connectivity index (χ2n) is 6.85. The van der Waals surface area contributed by atoms with Gasteiger partial charge in [-0.25, -0.2) is 9.59 Å². The second kappa shape index (κ2) is 11.7. The van der Waals surface area contributed by atoms with E-state index in [1.165, 1.54) is 0 Å². The largest absolute Gasteiger partial charge is 0.480 e. The van der Waals surface area contributed by atoms with Crippen molar-refractivity contribution in [1.82, 2.24) is 5.32 Å². The van der Waals surface area contributed by atoms with Gasteiger partial charge in [0.15, 0.2) is 11.3 Å². The molecule has 0 radical (unpaired) electrons. The molecule has 4 atom stereocenters. The van der Waals surface area contributed by atoms with E-state index >= 15 is 0 Å². The number of aliphatic carboxylic acids is 3. The number of amides is 1. The number of carboxylic acid groups (broad SMARTS) is 3. The predicted molar refractivity (Wildman–Crippen MR) is 104 cm³/mol. The molecule has 1 amide bonds. The molecule has 29 heavy (non-hydrogen) atoms. The van der Waals surface area contributed by atoms with Gasteiger partial charge in [-0.1, -0.05) is 13.8 Å². The number of carbonyl (C=O) groups is 5. The number of nitrogens with one attached hydrogen (secondary N) is 1. The Labute approximate surface area is 171 Å². The molecule has 0 aromatic rings. The Morgan fingerprint density at radius 3 is 1.97 bits per heavy atom. The van der Waals surface area contributed by atoms with Gasteiger partial charge in [-0.2, -0.15) is 11.8 Å². The molecule has 0 aromatic carbocycles. The molecular formula is C16H28N4O8S. The molecule has 0 heterocycles. The van der Waals surface area contributed by atoms with Crippen LogP contribution in [0.5, 0.6) is 0 Å². The zero-order valence-electron chi connectivity index (χ0n) is 16.2. The molecule has 0 saturated heterocycles. The van der Waals surface area contributed by atoms with Gasteiger partial charge in [-0.15, -0.1) is 0 Å². The number of carboxylic acids is 3. The highest BCUT2D eigenvalue weighted by molar-refractivity contribution is 7.99. The third-order valence-corrected chi connectivity index (χ3v) is 5.28. The molecule has 0 spiro atoms. The third kappa shape index (κ3) is 8.35. The van der Waals surface area contributed by atoms with Gasteiger partial charge in [0.25, 0.3) is 0 Å². The summed E-state index contributed by atoms with van der Waals surface area (Å²) >= 11 is 0.918. The summed E-state index contributed by atoms with van der Waals surface area (Å²) in [7, 11) is 0. The molecule has 13 heteroatoms. The smallest absolute Gasteiger partial charge is 0.331 e. The Morgan fingerprint density at radius 2 is 1.55 bits per heavy atom. The zero-order valence-corrected chi connectivity index (χ0v) is 17.0. The lowest BCUT2D eigenvalue weighted by atomic mass is 9.82. The van der Waals surface area contributed by atoms with Crippen molar-refractivity contribution >= 4 is 41.4 Å². The van der Waals surface area contributed by atoms with E-state index in [1.54, 1.807) is 13.8 Å². The first kappa shape index (κ1) is 26.8. The van der Waals surface area contributed by atoms with Crippen LogP contribution in [0.1, 0.15) is 26.7 Å². The van der Waals surface area contributed by atoms with Gasteiger partial charge < -0.3 is 37.8 Å². The van der Waals surface area contributed by atoms with Crippen LogP contribution in [0.3, 0.4) is 0 Å². The first-order valence-corrected chi connectivity index (χ1v) is 9.80. The summed E-state index contributed by atoms with van der Waals surface area (Å²) in [6.07, 6.45) is -1.10. The fourth-order valence-corrected chi connectivity index (χ4v) is 3.07. The van der Waals surface area contributed by atoms with E-state index in [0.29, 0.717) is 0 Å². The van der Waals surface area contributed by atoms with E-state index in [9.17, 15) is 29.1 Å². The molecule has 0 aliphatic heterocycles. The fraction of sp³-hybridized carbons (Fsp3) is 0.688. The van der Waals surface area contributed by atoms with Crippen LogP contribution in [-0.4, -0.2) is 80.1 Å². The van der Waals surface area contributed by atoms with Crippen LogP contribution in [0.15, 0.2) is 0 Å². The van der Waals surface area contributed by atoms with E-state index in [0.717, 1.165) is 11.8 Å². The van der Waals surface area contributed by atoms with Gasteiger partial charge in [0.1, 0.15) is 12.1 Å². The molecule has 0 aromatic heterocycles. The Bertz CT molecular complexity index is 644. The number of hydrogen-bond acceptors (Lipinski definition) is 9. The Balaban J connectivity index is 4.92. The normalized spacial score (nSPS) is 16.3. The summed E-state index contributed by atoms with van der Waals surface area (Å²) in [6.45, 7) is 3.23. The highest BCUT2D eigenvalue weighted by atomic mass is 32.2. The van der Waals surface area contributed by atoms with E-state index in [-0.39, 0.29) is 17.4 Å². The Morgan fingerprint density at radius 1 is 1.00 bits per heavy atom. The summed E-state index contributed by atoms with van der Waals surface area (Å²) in [6, 6.07) is -3.69. The van der Waals surface area contributed by atoms with Crippen molar-refractivity contribution in [2.75, 3.05) is 11.5 Å². The lowest BCUT2D eigenvalue weighted by molar-refractivity contribution is -0.150. The van der Waals surface area contributed by atoms with Crippen LogP contribution in [0.2, 0.25) is 0 Å². The molecular weight excluding hydrogens is 408 g/mol. The van der Waals surface area contributed by atoms with Gasteiger partial charge in [0.05, 0.1) is 6.04 Å². The maximum Gasteiger partial charge on any atom is 0.331 e. The van der Waals surface area contributed by atoms with Crippen LogP contribution in [0, 0.1) is 5.92 Å². The Hall–Kier alpha value is -2.22. The van der Waals surface area contributed by atoms with Crippen molar-refractivity contribution < 1.29 is 39.3 Å². The topological polar surface area (TPSA) is 236 Å². The predicted octanol–water partition coefficient (Wildman–Crippen LogP) is -2.18. The van der Waals surface area contributed by atoms with Crippen LogP contribution in [0.25, 0.3) is 0 Å². The minimum Gasteiger partial charge on any atom is -0.480 e. The van der Waals surface area contributed by atoms with Crippen molar-refractivity contribution in [1.29, 1.82) is 0 Å². The number of thioether (sulfide) groups is 1. The number of carbonyl (C=O) groups excluding carboxylic acids is 2.